The molecule has 0 saturated heterocycles. The quantitative estimate of drug-likeness (QED) is 0.430. The van der Waals surface area contributed by atoms with Crippen molar-refractivity contribution >= 4 is 39.1 Å². The van der Waals surface area contributed by atoms with Crippen LogP contribution in [0.25, 0.3) is 0 Å². The van der Waals surface area contributed by atoms with Crippen molar-refractivity contribution in [3.05, 3.63) is 81.2 Å². The van der Waals surface area contributed by atoms with Gasteiger partial charge >= 0.3 is 0 Å². The Morgan fingerprint density at radius 1 is 1.09 bits per heavy atom. The maximum absolute atomic E-state index is 13.0. The Bertz CT molecular complexity index is 1230. The van der Waals surface area contributed by atoms with Crippen LogP contribution in [0.3, 0.4) is 0 Å². The minimum atomic E-state index is -0.356. The highest BCUT2D eigenvalue weighted by molar-refractivity contribution is 9.10. The number of hydrazone groups is 1. The number of para-hydroxylation sites is 2. The lowest BCUT2D eigenvalue weighted by Gasteiger charge is -2.13. The number of aryl methyl sites for hydroxylation is 1. The molecule has 7 nitrogen and oxygen atoms in total. The van der Waals surface area contributed by atoms with Crippen molar-refractivity contribution in [1.82, 2.24) is 5.43 Å². The van der Waals surface area contributed by atoms with Gasteiger partial charge in [0, 0.05) is 22.0 Å². The number of fused-ring (bicyclic) bond motifs is 1. The van der Waals surface area contributed by atoms with Crippen molar-refractivity contribution in [1.29, 1.82) is 0 Å². The van der Waals surface area contributed by atoms with Gasteiger partial charge in [-0.15, -0.1) is 0 Å². The zero-order chi connectivity index (χ0) is 23.4. The summed E-state index contributed by atoms with van der Waals surface area (Å²) in [5.41, 5.74) is 5.90. The molecule has 170 valence electrons. The third-order valence-corrected chi connectivity index (χ3v) is 6.07. The van der Waals surface area contributed by atoms with Crippen LogP contribution in [0.5, 0.6) is 5.75 Å². The number of anilines is 1. The lowest BCUT2D eigenvalue weighted by atomic mass is 9.93. The number of furan rings is 1. The fourth-order valence-corrected chi connectivity index (χ4v) is 4.32. The van der Waals surface area contributed by atoms with E-state index in [1.165, 1.54) is 0 Å². The molecule has 0 atom stereocenters. The summed E-state index contributed by atoms with van der Waals surface area (Å²) >= 11 is 3.38. The van der Waals surface area contributed by atoms with Gasteiger partial charge in [-0.1, -0.05) is 24.3 Å². The molecule has 1 aliphatic rings. The molecule has 3 aromatic rings. The lowest BCUT2D eigenvalue weighted by molar-refractivity contribution is 0.0952. The van der Waals surface area contributed by atoms with Gasteiger partial charge in [-0.2, -0.15) is 5.10 Å². The number of halogens is 1. The number of benzene rings is 2. The molecule has 0 bridgehead atoms. The number of hydrogen-bond donors (Lipinski definition) is 2. The molecule has 0 aliphatic heterocycles. The Labute approximate surface area is 200 Å². The molecule has 0 spiro atoms. The molecule has 1 heterocycles. The van der Waals surface area contributed by atoms with Crippen molar-refractivity contribution in [2.24, 2.45) is 5.10 Å². The zero-order valence-electron chi connectivity index (χ0n) is 18.4. The second kappa shape index (κ2) is 10.0. The van der Waals surface area contributed by atoms with Gasteiger partial charge < -0.3 is 14.5 Å². The maximum atomic E-state index is 13.0. The first-order valence-corrected chi connectivity index (χ1v) is 11.6. The van der Waals surface area contributed by atoms with Gasteiger partial charge in [0.05, 0.1) is 23.6 Å². The molecule has 8 heteroatoms. The molecule has 0 fully saturated rings. The van der Waals surface area contributed by atoms with E-state index < -0.39 is 0 Å². The van der Waals surface area contributed by atoms with Crippen LogP contribution in [0.15, 0.2) is 62.5 Å². The number of nitrogens with zero attached hydrogens (tertiary/aromatic N) is 1. The van der Waals surface area contributed by atoms with Crippen molar-refractivity contribution in [3.63, 3.8) is 0 Å². The number of nitrogens with one attached hydrogen (secondary N) is 2. The van der Waals surface area contributed by atoms with Crippen LogP contribution in [-0.2, 0) is 6.42 Å². The van der Waals surface area contributed by atoms with Gasteiger partial charge in [-0.3, -0.25) is 9.59 Å². The van der Waals surface area contributed by atoms with Crippen molar-refractivity contribution in [2.45, 2.75) is 33.1 Å². The van der Waals surface area contributed by atoms with E-state index in [0.717, 1.165) is 12.0 Å². The number of hydrogen-bond acceptors (Lipinski definition) is 5. The second-order valence-electron chi connectivity index (χ2n) is 7.57. The summed E-state index contributed by atoms with van der Waals surface area (Å²) in [5.74, 6) is 0.868. The van der Waals surface area contributed by atoms with Gasteiger partial charge in [0.25, 0.3) is 11.8 Å². The van der Waals surface area contributed by atoms with Crippen LogP contribution >= 0.6 is 15.9 Å². The number of rotatable bonds is 6. The Hall–Kier alpha value is -3.39. The van der Waals surface area contributed by atoms with Gasteiger partial charge in [-0.25, -0.2) is 5.43 Å². The van der Waals surface area contributed by atoms with Crippen LogP contribution < -0.4 is 15.5 Å². The molecule has 2 N–H and O–H groups in total. The molecule has 4 rings (SSSR count). The van der Waals surface area contributed by atoms with Crippen LogP contribution in [0, 0.1) is 6.92 Å². The SMILES string of the molecule is CCOc1ccccc1NC(=O)c1oc2c(c1C)/C(=N/NC(=O)c1ccccc1Br)CCC2. The molecule has 0 saturated carbocycles. The summed E-state index contributed by atoms with van der Waals surface area (Å²) in [6.07, 6.45) is 2.20. The molecular formula is C25H24BrN3O4. The molecule has 2 amide bonds. The van der Waals surface area contributed by atoms with Gasteiger partial charge in [-0.05, 0) is 66.9 Å². The van der Waals surface area contributed by atoms with E-state index in [1.807, 2.05) is 32.0 Å². The summed E-state index contributed by atoms with van der Waals surface area (Å²) < 4.78 is 12.2. The highest BCUT2D eigenvalue weighted by Crippen LogP contribution is 2.31. The van der Waals surface area contributed by atoms with E-state index in [9.17, 15) is 9.59 Å². The number of ether oxygens (including phenoxy) is 1. The van der Waals surface area contributed by atoms with Gasteiger partial charge in [0.1, 0.15) is 11.5 Å². The van der Waals surface area contributed by atoms with Crippen LogP contribution in [0.2, 0.25) is 0 Å². The molecular weight excluding hydrogens is 486 g/mol. The summed E-state index contributed by atoms with van der Waals surface area (Å²) in [6.45, 7) is 4.22. The minimum Gasteiger partial charge on any atom is -0.492 e. The van der Waals surface area contributed by atoms with E-state index in [0.29, 0.717) is 58.0 Å². The van der Waals surface area contributed by atoms with Crippen LogP contribution in [0.1, 0.15) is 57.6 Å². The highest BCUT2D eigenvalue weighted by atomic mass is 79.9. The van der Waals surface area contributed by atoms with Crippen LogP contribution in [-0.4, -0.2) is 24.1 Å². The number of carbonyl (C=O) groups is 2. The summed E-state index contributed by atoms with van der Waals surface area (Å²) in [5, 5.41) is 7.26. The normalized spacial score (nSPS) is 14.0. The predicted molar refractivity (Wildman–Crippen MR) is 130 cm³/mol. The zero-order valence-corrected chi connectivity index (χ0v) is 20.0. The first-order chi connectivity index (χ1) is 16.0. The van der Waals surface area contributed by atoms with E-state index in [2.05, 4.69) is 31.8 Å². The van der Waals surface area contributed by atoms with Crippen molar-refractivity contribution in [2.75, 3.05) is 11.9 Å². The van der Waals surface area contributed by atoms with E-state index in [1.54, 1.807) is 30.3 Å². The average molecular weight is 510 g/mol. The summed E-state index contributed by atoms with van der Waals surface area (Å²) in [7, 11) is 0. The fourth-order valence-electron chi connectivity index (χ4n) is 3.85. The first kappa shape index (κ1) is 22.8. The maximum Gasteiger partial charge on any atom is 0.291 e. The number of carbonyl (C=O) groups excluding carboxylic acids is 2. The van der Waals surface area contributed by atoms with Crippen molar-refractivity contribution < 1.29 is 18.7 Å². The predicted octanol–water partition coefficient (Wildman–Crippen LogP) is 5.47. The van der Waals surface area contributed by atoms with E-state index in [4.69, 9.17) is 9.15 Å². The summed E-state index contributed by atoms with van der Waals surface area (Å²) in [4.78, 5) is 25.6. The average Bonchev–Trinajstić information content (AvgIpc) is 3.16. The lowest BCUT2D eigenvalue weighted by Crippen LogP contribution is -2.22. The topological polar surface area (TPSA) is 92.9 Å². The van der Waals surface area contributed by atoms with Crippen LogP contribution in [0.4, 0.5) is 5.69 Å². The molecule has 0 radical (unpaired) electrons. The first-order valence-electron chi connectivity index (χ1n) is 10.8. The Morgan fingerprint density at radius 2 is 1.85 bits per heavy atom. The van der Waals surface area contributed by atoms with E-state index in [-0.39, 0.29) is 17.6 Å². The monoisotopic (exact) mass is 509 g/mol. The Balaban J connectivity index is 1.58. The molecule has 1 aliphatic carbocycles. The summed E-state index contributed by atoms with van der Waals surface area (Å²) in [6, 6.07) is 14.4. The molecule has 33 heavy (non-hydrogen) atoms. The number of amides is 2. The van der Waals surface area contributed by atoms with Gasteiger partial charge in [0.2, 0.25) is 0 Å². The van der Waals surface area contributed by atoms with E-state index >= 15 is 0 Å². The smallest absolute Gasteiger partial charge is 0.291 e. The molecule has 2 aromatic carbocycles. The largest absolute Gasteiger partial charge is 0.492 e. The van der Waals surface area contributed by atoms with Crippen molar-refractivity contribution in [3.8, 4) is 5.75 Å². The third kappa shape index (κ3) is 4.85. The minimum absolute atomic E-state index is 0.234. The fraction of sp³-hybridized carbons (Fsp3) is 0.240. The van der Waals surface area contributed by atoms with Gasteiger partial charge in [0.15, 0.2) is 5.76 Å². The Kier molecular flexibility index (Phi) is 6.93. The molecule has 0 unspecified atom stereocenters. The Morgan fingerprint density at radius 3 is 2.64 bits per heavy atom. The third-order valence-electron chi connectivity index (χ3n) is 5.38. The highest BCUT2D eigenvalue weighted by Gasteiger charge is 2.28. The molecule has 1 aromatic heterocycles. The standard InChI is InChI=1S/C25H24BrN3O4/c1-3-32-20-13-7-6-11-18(20)27-25(31)23-15(2)22-19(12-8-14-21(22)33-23)28-29-24(30)16-9-4-5-10-17(16)26/h4-7,9-11,13H,3,8,12,14H2,1-2H3,(H,27,31)(H,29,30)/b28-19+. The second-order valence-corrected chi connectivity index (χ2v) is 8.42.